The van der Waals surface area contributed by atoms with E-state index in [2.05, 4.69) is 13.8 Å². The van der Waals surface area contributed by atoms with Crippen LogP contribution in [0.1, 0.15) is 24.2 Å². The highest BCUT2D eigenvalue weighted by Crippen LogP contribution is 2.30. The van der Waals surface area contributed by atoms with Gasteiger partial charge in [0.2, 0.25) is 0 Å². The first kappa shape index (κ1) is 11.6. The number of halogens is 1. The number of hydrogen-bond acceptors (Lipinski definition) is 2. The lowest BCUT2D eigenvalue weighted by molar-refractivity contribution is 0.112. The molecule has 0 bridgehead atoms. The van der Waals surface area contributed by atoms with Crippen LogP contribution in [0.2, 0.25) is 5.02 Å². The third kappa shape index (κ3) is 3.03. The number of thioether (sulfide) groups is 1. The minimum atomic E-state index is 0.593. The highest BCUT2D eigenvalue weighted by Gasteiger charge is 2.07. The summed E-state index contributed by atoms with van der Waals surface area (Å²) in [6.07, 6.45) is 0.856. The summed E-state index contributed by atoms with van der Waals surface area (Å²) >= 11 is 7.66. The van der Waals surface area contributed by atoms with Gasteiger partial charge in [0.25, 0.3) is 0 Å². The van der Waals surface area contributed by atoms with E-state index in [4.69, 9.17) is 11.6 Å². The van der Waals surface area contributed by atoms with Crippen molar-refractivity contribution in [3.63, 3.8) is 0 Å². The van der Waals surface area contributed by atoms with Gasteiger partial charge in [-0.05, 0) is 12.0 Å². The van der Waals surface area contributed by atoms with Crippen molar-refractivity contribution in [2.75, 3.05) is 5.75 Å². The molecule has 0 atom stereocenters. The molecule has 0 N–H and O–H groups in total. The molecule has 0 aliphatic heterocycles. The molecule has 0 fully saturated rings. The van der Waals surface area contributed by atoms with Crippen molar-refractivity contribution in [3.05, 3.63) is 28.8 Å². The third-order valence-corrected chi connectivity index (χ3v) is 3.69. The van der Waals surface area contributed by atoms with Gasteiger partial charge in [-0.3, -0.25) is 4.79 Å². The summed E-state index contributed by atoms with van der Waals surface area (Å²) in [7, 11) is 0. The average molecular weight is 229 g/mol. The fraction of sp³-hybridized carbons (Fsp3) is 0.364. The van der Waals surface area contributed by atoms with Gasteiger partial charge in [0.05, 0.1) is 5.02 Å². The molecule has 0 unspecified atom stereocenters. The number of hydrogen-bond donors (Lipinski definition) is 0. The Morgan fingerprint density at radius 2 is 2.21 bits per heavy atom. The van der Waals surface area contributed by atoms with Crippen molar-refractivity contribution >= 4 is 29.6 Å². The van der Waals surface area contributed by atoms with Crippen molar-refractivity contribution < 1.29 is 4.79 Å². The van der Waals surface area contributed by atoms with E-state index < -0.39 is 0 Å². The van der Waals surface area contributed by atoms with E-state index in [0.29, 0.717) is 16.5 Å². The van der Waals surface area contributed by atoms with E-state index in [1.807, 2.05) is 6.07 Å². The van der Waals surface area contributed by atoms with Crippen LogP contribution in [-0.2, 0) is 0 Å². The Morgan fingerprint density at radius 1 is 1.50 bits per heavy atom. The molecule has 0 aliphatic rings. The molecule has 0 aromatic heterocycles. The Labute approximate surface area is 93.8 Å². The predicted molar refractivity (Wildman–Crippen MR) is 62.4 cm³/mol. The number of aldehydes is 1. The van der Waals surface area contributed by atoms with Gasteiger partial charge in [-0.25, -0.2) is 0 Å². The quantitative estimate of drug-likeness (QED) is 0.574. The SMILES string of the molecule is CC(C)CSc1c(Cl)cccc1C=O. The molecular weight excluding hydrogens is 216 g/mol. The minimum Gasteiger partial charge on any atom is -0.298 e. The lowest BCUT2D eigenvalue weighted by Crippen LogP contribution is -1.93. The zero-order valence-electron chi connectivity index (χ0n) is 8.29. The second-order valence-electron chi connectivity index (χ2n) is 3.48. The summed E-state index contributed by atoms with van der Waals surface area (Å²) in [4.78, 5) is 11.7. The normalized spacial score (nSPS) is 10.6. The third-order valence-electron chi connectivity index (χ3n) is 1.69. The van der Waals surface area contributed by atoms with Crippen molar-refractivity contribution in [2.45, 2.75) is 18.7 Å². The van der Waals surface area contributed by atoms with Gasteiger partial charge in [-0.2, -0.15) is 0 Å². The standard InChI is InChI=1S/C11H13ClOS/c1-8(2)7-14-11-9(6-13)4-3-5-10(11)12/h3-6,8H,7H2,1-2H3. The summed E-state index contributed by atoms with van der Waals surface area (Å²) in [5.41, 5.74) is 0.683. The highest BCUT2D eigenvalue weighted by atomic mass is 35.5. The maximum Gasteiger partial charge on any atom is 0.151 e. The van der Waals surface area contributed by atoms with Gasteiger partial charge >= 0.3 is 0 Å². The van der Waals surface area contributed by atoms with Crippen LogP contribution in [0.3, 0.4) is 0 Å². The molecule has 14 heavy (non-hydrogen) atoms. The molecular formula is C11H13ClOS. The smallest absolute Gasteiger partial charge is 0.151 e. The molecule has 0 radical (unpaired) electrons. The molecule has 1 nitrogen and oxygen atoms in total. The average Bonchev–Trinajstić information content (AvgIpc) is 2.15. The molecule has 0 heterocycles. The van der Waals surface area contributed by atoms with Crippen LogP contribution in [0.25, 0.3) is 0 Å². The second-order valence-corrected chi connectivity index (χ2v) is 4.92. The van der Waals surface area contributed by atoms with Crippen molar-refractivity contribution in [2.24, 2.45) is 5.92 Å². The molecule has 0 saturated carbocycles. The fourth-order valence-corrected chi connectivity index (χ4v) is 2.35. The summed E-state index contributed by atoms with van der Waals surface area (Å²) in [5, 5.41) is 0.667. The maximum atomic E-state index is 10.8. The lowest BCUT2D eigenvalue weighted by Gasteiger charge is -2.08. The van der Waals surface area contributed by atoms with Crippen LogP contribution in [0, 0.1) is 5.92 Å². The van der Waals surface area contributed by atoms with Gasteiger partial charge in [0, 0.05) is 16.2 Å². The van der Waals surface area contributed by atoms with Gasteiger partial charge in [-0.15, -0.1) is 11.8 Å². The second kappa shape index (κ2) is 5.42. The van der Waals surface area contributed by atoms with Crippen LogP contribution < -0.4 is 0 Å². The minimum absolute atomic E-state index is 0.593. The first-order valence-electron chi connectivity index (χ1n) is 4.51. The van der Waals surface area contributed by atoms with E-state index in [1.165, 1.54) is 0 Å². The van der Waals surface area contributed by atoms with Crippen LogP contribution >= 0.6 is 23.4 Å². The zero-order chi connectivity index (χ0) is 10.6. The molecule has 0 saturated heterocycles. The van der Waals surface area contributed by atoms with E-state index in [1.54, 1.807) is 23.9 Å². The van der Waals surface area contributed by atoms with Gasteiger partial charge in [0.15, 0.2) is 6.29 Å². The highest BCUT2D eigenvalue weighted by molar-refractivity contribution is 7.99. The lowest BCUT2D eigenvalue weighted by atomic mass is 10.2. The monoisotopic (exact) mass is 228 g/mol. The first-order chi connectivity index (χ1) is 6.65. The number of benzene rings is 1. The van der Waals surface area contributed by atoms with E-state index in [9.17, 15) is 4.79 Å². The molecule has 1 aromatic rings. The summed E-state index contributed by atoms with van der Waals surface area (Å²) < 4.78 is 0. The molecule has 3 heteroatoms. The molecule has 0 spiro atoms. The topological polar surface area (TPSA) is 17.1 Å². The largest absolute Gasteiger partial charge is 0.298 e. The number of carbonyl (C=O) groups excluding carboxylic acids is 1. The summed E-state index contributed by atoms with van der Waals surface area (Å²) in [6, 6.07) is 5.41. The predicted octanol–water partition coefficient (Wildman–Crippen LogP) is 3.90. The van der Waals surface area contributed by atoms with Gasteiger partial charge in [-0.1, -0.05) is 37.6 Å². The number of carbonyl (C=O) groups is 1. The van der Waals surface area contributed by atoms with E-state index in [-0.39, 0.29) is 0 Å². The van der Waals surface area contributed by atoms with Crippen LogP contribution in [0.5, 0.6) is 0 Å². The molecule has 1 rings (SSSR count). The van der Waals surface area contributed by atoms with Crippen molar-refractivity contribution in [1.82, 2.24) is 0 Å². The Hall–Kier alpha value is -0.470. The van der Waals surface area contributed by atoms with Gasteiger partial charge in [0.1, 0.15) is 0 Å². The maximum absolute atomic E-state index is 10.8. The Bertz CT molecular complexity index is 323. The van der Waals surface area contributed by atoms with Crippen LogP contribution in [0.15, 0.2) is 23.1 Å². The zero-order valence-corrected chi connectivity index (χ0v) is 9.86. The molecule has 1 aromatic carbocycles. The number of rotatable bonds is 4. The molecule has 0 aliphatic carbocycles. The Morgan fingerprint density at radius 3 is 2.79 bits per heavy atom. The molecule has 76 valence electrons. The van der Waals surface area contributed by atoms with Crippen molar-refractivity contribution in [1.29, 1.82) is 0 Å². The first-order valence-corrected chi connectivity index (χ1v) is 5.88. The van der Waals surface area contributed by atoms with E-state index >= 15 is 0 Å². The summed E-state index contributed by atoms with van der Waals surface area (Å²) in [5.74, 6) is 1.57. The Kier molecular flexibility index (Phi) is 4.49. The van der Waals surface area contributed by atoms with Crippen molar-refractivity contribution in [3.8, 4) is 0 Å². The van der Waals surface area contributed by atoms with Crippen LogP contribution in [-0.4, -0.2) is 12.0 Å². The summed E-state index contributed by atoms with van der Waals surface area (Å²) in [6.45, 7) is 4.29. The van der Waals surface area contributed by atoms with Crippen LogP contribution in [0.4, 0.5) is 0 Å². The Balaban J connectivity index is 2.87. The molecule has 0 amide bonds. The fourth-order valence-electron chi connectivity index (χ4n) is 1.02. The van der Waals surface area contributed by atoms with E-state index in [0.717, 1.165) is 16.9 Å². The van der Waals surface area contributed by atoms with Gasteiger partial charge < -0.3 is 0 Å².